The van der Waals surface area contributed by atoms with Crippen LogP contribution < -0.4 is 0 Å². The molecule has 1 saturated carbocycles. The molecule has 0 N–H and O–H groups in total. The molecular formula is C15H22O3S. The van der Waals surface area contributed by atoms with Gasteiger partial charge in [-0.05, 0) is 37.0 Å². The molecule has 2 rings (SSSR count). The van der Waals surface area contributed by atoms with Crippen LogP contribution >= 0.6 is 0 Å². The van der Waals surface area contributed by atoms with E-state index in [1.54, 1.807) is 12.1 Å². The van der Waals surface area contributed by atoms with E-state index in [1.807, 2.05) is 12.1 Å². The quantitative estimate of drug-likeness (QED) is 0.774. The zero-order valence-corrected chi connectivity index (χ0v) is 12.3. The molecule has 1 fully saturated rings. The van der Waals surface area contributed by atoms with E-state index in [0.29, 0.717) is 0 Å². The van der Waals surface area contributed by atoms with Gasteiger partial charge in [0, 0.05) is 0 Å². The van der Waals surface area contributed by atoms with Gasteiger partial charge in [0.25, 0.3) is 10.1 Å². The van der Waals surface area contributed by atoms with Crippen molar-refractivity contribution in [2.45, 2.75) is 62.9 Å². The first-order chi connectivity index (χ1) is 9.12. The fraction of sp³-hybridized carbons (Fsp3) is 0.600. The summed E-state index contributed by atoms with van der Waals surface area (Å²) in [5.74, 6) is 0. The maximum Gasteiger partial charge on any atom is 0.297 e. The Labute approximate surface area is 116 Å². The maximum absolute atomic E-state index is 12.1. The summed E-state index contributed by atoms with van der Waals surface area (Å²) in [5, 5.41) is 0. The van der Waals surface area contributed by atoms with Crippen molar-refractivity contribution in [3.8, 4) is 0 Å². The van der Waals surface area contributed by atoms with Crippen molar-refractivity contribution in [3.63, 3.8) is 0 Å². The van der Waals surface area contributed by atoms with Crippen LogP contribution in [0.25, 0.3) is 0 Å². The number of aryl methyl sites for hydroxylation is 1. The van der Waals surface area contributed by atoms with Crippen molar-refractivity contribution in [3.05, 3.63) is 29.8 Å². The largest absolute Gasteiger partial charge is 0.297 e. The average molecular weight is 282 g/mol. The van der Waals surface area contributed by atoms with Gasteiger partial charge in [-0.1, -0.05) is 44.7 Å². The van der Waals surface area contributed by atoms with Crippen LogP contribution in [0.1, 0.15) is 51.0 Å². The smallest absolute Gasteiger partial charge is 0.263 e. The summed E-state index contributed by atoms with van der Waals surface area (Å²) in [6.45, 7) is 2.11. The number of benzene rings is 1. The molecule has 0 unspecified atom stereocenters. The van der Waals surface area contributed by atoms with Crippen molar-refractivity contribution in [2.75, 3.05) is 0 Å². The van der Waals surface area contributed by atoms with Gasteiger partial charge in [0.15, 0.2) is 0 Å². The van der Waals surface area contributed by atoms with Crippen LogP contribution in [0.5, 0.6) is 0 Å². The van der Waals surface area contributed by atoms with E-state index < -0.39 is 10.1 Å². The molecule has 1 aromatic rings. The molecule has 0 aromatic heterocycles. The van der Waals surface area contributed by atoms with Crippen LogP contribution in [0.4, 0.5) is 0 Å². The molecule has 19 heavy (non-hydrogen) atoms. The topological polar surface area (TPSA) is 43.4 Å². The fourth-order valence-electron chi connectivity index (χ4n) is 2.51. The SMILES string of the molecule is CCCc1ccc(S(=O)(=O)OC2CCCCC2)cc1. The second kappa shape index (κ2) is 6.53. The molecule has 0 aliphatic heterocycles. The summed E-state index contributed by atoms with van der Waals surface area (Å²) in [6, 6.07) is 7.06. The van der Waals surface area contributed by atoms with Crippen molar-refractivity contribution >= 4 is 10.1 Å². The fourth-order valence-corrected chi connectivity index (χ4v) is 3.64. The Morgan fingerprint density at radius 1 is 1.11 bits per heavy atom. The molecule has 106 valence electrons. The minimum absolute atomic E-state index is 0.130. The van der Waals surface area contributed by atoms with E-state index in [4.69, 9.17) is 4.18 Å². The second-order valence-electron chi connectivity index (χ2n) is 5.20. The van der Waals surface area contributed by atoms with E-state index >= 15 is 0 Å². The zero-order chi connectivity index (χ0) is 13.7. The number of rotatable bonds is 5. The Morgan fingerprint density at radius 3 is 2.32 bits per heavy atom. The van der Waals surface area contributed by atoms with E-state index in [2.05, 4.69) is 6.92 Å². The Bertz CT molecular complexity index is 485. The summed E-state index contributed by atoms with van der Waals surface area (Å²) in [6.07, 6.45) is 6.93. The van der Waals surface area contributed by atoms with Crippen molar-refractivity contribution < 1.29 is 12.6 Å². The number of hydrogen-bond donors (Lipinski definition) is 0. The lowest BCUT2D eigenvalue weighted by atomic mass is 9.98. The lowest BCUT2D eigenvalue weighted by Gasteiger charge is -2.21. The molecule has 0 atom stereocenters. The molecule has 4 heteroatoms. The summed E-state index contributed by atoms with van der Waals surface area (Å²) in [4.78, 5) is 0.276. The van der Waals surface area contributed by atoms with Crippen LogP contribution in [0.15, 0.2) is 29.2 Å². The van der Waals surface area contributed by atoms with Crippen molar-refractivity contribution in [1.29, 1.82) is 0 Å². The minimum Gasteiger partial charge on any atom is -0.263 e. The molecule has 0 radical (unpaired) electrons. The van der Waals surface area contributed by atoms with Gasteiger partial charge in [-0.15, -0.1) is 0 Å². The molecule has 1 aromatic carbocycles. The second-order valence-corrected chi connectivity index (χ2v) is 6.78. The third kappa shape index (κ3) is 4.05. The first-order valence-corrected chi connectivity index (χ1v) is 8.55. The standard InChI is InChI=1S/C15H22O3S/c1-2-6-13-9-11-15(12-10-13)19(16,17)18-14-7-4-3-5-8-14/h9-12,14H,2-8H2,1H3. The Kier molecular flexibility index (Phi) is 4.99. The van der Waals surface area contributed by atoms with Crippen LogP contribution in [0.2, 0.25) is 0 Å². The van der Waals surface area contributed by atoms with Gasteiger partial charge >= 0.3 is 0 Å². The summed E-state index contributed by atoms with van der Waals surface area (Å²) >= 11 is 0. The molecule has 0 spiro atoms. The van der Waals surface area contributed by atoms with Gasteiger partial charge < -0.3 is 0 Å². The first-order valence-electron chi connectivity index (χ1n) is 7.14. The number of hydrogen-bond acceptors (Lipinski definition) is 3. The summed E-state index contributed by atoms with van der Waals surface area (Å²) < 4.78 is 29.6. The maximum atomic E-state index is 12.1. The molecule has 3 nitrogen and oxygen atoms in total. The zero-order valence-electron chi connectivity index (χ0n) is 11.5. The third-order valence-corrected chi connectivity index (χ3v) is 4.94. The van der Waals surface area contributed by atoms with Crippen LogP contribution in [0, 0.1) is 0 Å². The minimum atomic E-state index is -3.59. The van der Waals surface area contributed by atoms with Crippen molar-refractivity contribution in [1.82, 2.24) is 0 Å². The first kappa shape index (κ1) is 14.5. The molecule has 1 aliphatic rings. The lowest BCUT2D eigenvalue weighted by molar-refractivity contribution is 0.162. The van der Waals surface area contributed by atoms with Crippen molar-refractivity contribution in [2.24, 2.45) is 0 Å². The van der Waals surface area contributed by atoms with Gasteiger partial charge in [-0.3, -0.25) is 4.18 Å². The Morgan fingerprint density at radius 2 is 1.74 bits per heavy atom. The average Bonchev–Trinajstić information content (AvgIpc) is 2.40. The molecule has 0 bridgehead atoms. The molecular weight excluding hydrogens is 260 g/mol. The monoisotopic (exact) mass is 282 g/mol. The van der Waals surface area contributed by atoms with Crippen LogP contribution in [0.3, 0.4) is 0 Å². The molecule has 0 heterocycles. The van der Waals surface area contributed by atoms with Crippen LogP contribution in [-0.4, -0.2) is 14.5 Å². The molecule has 0 amide bonds. The highest BCUT2D eigenvalue weighted by atomic mass is 32.2. The lowest BCUT2D eigenvalue weighted by Crippen LogP contribution is -2.21. The Balaban J connectivity index is 2.05. The van der Waals surface area contributed by atoms with Gasteiger partial charge in [-0.25, -0.2) is 0 Å². The highest BCUT2D eigenvalue weighted by molar-refractivity contribution is 7.86. The van der Waals surface area contributed by atoms with Crippen LogP contribution in [-0.2, 0) is 20.7 Å². The summed E-state index contributed by atoms with van der Waals surface area (Å²) in [5.41, 5.74) is 1.17. The predicted octanol–water partition coefficient (Wildman–Crippen LogP) is 3.68. The van der Waals surface area contributed by atoms with E-state index in [0.717, 1.165) is 38.5 Å². The van der Waals surface area contributed by atoms with Gasteiger partial charge in [0.2, 0.25) is 0 Å². The van der Waals surface area contributed by atoms with Gasteiger partial charge in [-0.2, -0.15) is 8.42 Å². The normalized spacial score (nSPS) is 17.5. The third-order valence-electron chi connectivity index (χ3n) is 3.57. The van der Waals surface area contributed by atoms with E-state index in [9.17, 15) is 8.42 Å². The predicted molar refractivity (Wildman–Crippen MR) is 75.6 cm³/mol. The molecule has 0 saturated heterocycles. The summed E-state index contributed by atoms with van der Waals surface area (Å²) in [7, 11) is -3.59. The Hall–Kier alpha value is -0.870. The highest BCUT2D eigenvalue weighted by Crippen LogP contribution is 2.24. The van der Waals surface area contributed by atoms with E-state index in [1.165, 1.54) is 12.0 Å². The molecule has 1 aliphatic carbocycles. The van der Waals surface area contributed by atoms with Gasteiger partial charge in [0.05, 0.1) is 11.0 Å². The van der Waals surface area contributed by atoms with Gasteiger partial charge in [0.1, 0.15) is 0 Å². The highest BCUT2D eigenvalue weighted by Gasteiger charge is 2.23. The van der Waals surface area contributed by atoms with E-state index in [-0.39, 0.29) is 11.0 Å².